The van der Waals surface area contributed by atoms with Crippen LogP contribution in [0, 0.1) is 0 Å². The van der Waals surface area contributed by atoms with Crippen molar-refractivity contribution in [3.05, 3.63) is 17.7 Å². The fourth-order valence-corrected chi connectivity index (χ4v) is 2.36. The van der Waals surface area contributed by atoms with Gasteiger partial charge in [-0.3, -0.25) is 4.79 Å². The first-order valence-corrected chi connectivity index (χ1v) is 7.32. The Morgan fingerprint density at radius 2 is 2.19 bits per heavy atom. The highest BCUT2D eigenvalue weighted by molar-refractivity contribution is 5.97. The summed E-state index contributed by atoms with van der Waals surface area (Å²) in [6, 6.07) is 0. The van der Waals surface area contributed by atoms with Crippen LogP contribution < -0.4 is 5.32 Å². The van der Waals surface area contributed by atoms with Crippen molar-refractivity contribution in [2.75, 3.05) is 32.1 Å². The van der Waals surface area contributed by atoms with Crippen LogP contribution in [0.4, 0.5) is 5.69 Å². The minimum atomic E-state index is -0.318. The first-order chi connectivity index (χ1) is 9.84. The summed E-state index contributed by atoms with van der Waals surface area (Å²) in [5.74, 6) is 0.800. The predicted molar refractivity (Wildman–Crippen MR) is 81.6 cm³/mol. The predicted octanol–water partition coefficient (Wildman–Crippen LogP) is 1.89. The Morgan fingerprint density at radius 3 is 2.76 bits per heavy atom. The molecule has 0 aliphatic carbocycles. The Hall–Kier alpha value is -1.69. The van der Waals surface area contributed by atoms with Crippen molar-refractivity contribution in [1.29, 1.82) is 0 Å². The van der Waals surface area contributed by atoms with E-state index >= 15 is 0 Å². The number of aromatic nitrogens is 2. The van der Waals surface area contributed by atoms with Crippen molar-refractivity contribution in [3.63, 3.8) is 0 Å². The fraction of sp³-hybridized carbons (Fsp3) is 0.667. The van der Waals surface area contributed by atoms with Gasteiger partial charge >= 0.3 is 0 Å². The molecule has 6 nitrogen and oxygen atoms in total. The van der Waals surface area contributed by atoms with E-state index in [1.165, 1.54) is 0 Å². The van der Waals surface area contributed by atoms with Crippen molar-refractivity contribution in [1.82, 2.24) is 14.9 Å². The van der Waals surface area contributed by atoms with E-state index in [0.717, 1.165) is 0 Å². The summed E-state index contributed by atoms with van der Waals surface area (Å²) >= 11 is 0. The molecule has 0 unspecified atom stereocenters. The van der Waals surface area contributed by atoms with Gasteiger partial charge in [-0.25, -0.2) is 9.97 Å². The Morgan fingerprint density at radius 1 is 1.48 bits per heavy atom. The fourth-order valence-electron chi connectivity index (χ4n) is 2.36. The first-order valence-electron chi connectivity index (χ1n) is 7.32. The Bertz CT molecular complexity index is 528. The van der Waals surface area contributed by atoms with E-state index < -0.39 is 0 Å². The summed E-state index contributed by atoms with van der Waals surface area (Å²) in [5.41, 5.74) is 0.782. The van der Waals surface area contributed by atoms with Crippen LogP contribution in [0.15, 0.2) is 6.20 Å². The Kier molecular flexibility index (Phi) is 4.46. The average molecular weight is 292 g/mol. The monoisotopic (exact) mass is 292 g/mol. The molecule has 1 amide bonds. The summed E-state index contributed by atoms with van der Waals surface area (Å²) in [4.78, 5) is 23.3. The number of ether oxygens (including phenoxy) is 1. The van der Waals surface area contributed by atoms with Crippen LogP contribution in [0.3, 0.4) is 0 Å². The second-order valence-corrected chi connectivity index (χ2v) is 6.23. The van der Waals surface area contributed by atoms with E-state index in [4.69, 9.17) is 4.74 Å². The summed E-state index contributed by atoms with van der Waals surface area (Å²) in [5, 5.41) is 3.00. The van der Waals surface area contributed by atoms with Gasteiger partial charge < -0.3 is 15.0 Å². The molecule has 2 rings (SSSR count). The highest BCUT2D eigenvalue weighted by Crippen LogP contribution is 2.22. The number of rotatable bonds is 3. The molecule has 1 aromatic heterocycles. The highest BCUT2D eigenvalue weighted by atomic mass is 16.5. The third-order valence-electron chi connectivity index (χ3n) is 3.51. The van der Waals surface area contributed by atoms with Crippen LogP contribution in [0.1, 0.15) is 49.9 Å². The van der Waals surface area contributed by atoms with Crippen LogP contribution in [-0.2, 0) is 4.74 Å². The minimum absolute atomic E-state index is 0.0694. The number of amides is 1. The maximum absolute atomic E-state index is 12.8. The van der Waals surface area contributed by atoms with E-state index in [-0.39, 0.29) is 17.4 Å². The van der Waals surface area contributed by atoms with Gasteiger partial charge in [0, 0.05) is 26.1 Å². The van der Waals surface area contributed by atoms with Crippen LogP contribution in [-0.4, -0.2) is 53.1 Å². The standard InChI is InChI=1S/C15H24N4O2/c1-10(2)13-17-8-11(16-5)12(18-13)14(20)19-6-7-21-15(3,4)9-19/h8,10,16H,6-7,9H2,1-5H3. The lowest BCUT2D eigenvalue weighted by Gasteiger charge is -2.38. The van der Waals surface area contributed by atoms with Gasteiger partial charge in [-0.1, -0.05) is 13.8 Å². The van der Waals surface area contributed by atoms with E-state index in [9.17, 15) is 4.79 Å². The topological polar surface area (TPSA) is 67.4 Å². The largest absolute Gasteiger partial charge is 0.385 e. The van der Waals surface area contributed by atoms with Gasteiger partial charge in [0.15, 0.2) is 5.69 Å². The number of morpholine rings is 1. The van der Waals surface area contributed by atoms with Crippen LogP contribution >= 0.6 is 0 Å². The molecule has 1 aromatic rings. The number of carbonyl (C=O) groups excluding carboxylic acids is 1. The van der Waals surface area contributed by atoms with Crippen LogP contribution in [0.2, 0.25) is 0 Å². The minimum Gasteiger partial charge on any atom is -0.385 e. The lowest BCUT2D eigenvalue weighted by molar-refractivity contribution is -0.0764. The van der Waals surface area contributed by atoms with Crippen molar-refractivity contribution in [2.45, 2.75) is 39.2 Å². The summed E-state index contributed by atoms with van der Waals surface area (Å²) in [7, 11) is 1.77. The zero-order valence-electron chi connectivity index (χ0n) is 13.4. The highest BCUT2D eigenvalue weighted by Gasteiger charge is 2.32. The van der Waals surface area contributed by atoms with E-state index in [0.29, 0.717) is 36.9 Å². The summed E-state index contributed by atoms with van der Waals surface area (Å²) < 4.78 is 5.66. The van der Waals surface area contributed by atoms with Crippen LogP contribution in [0.25, 0.3) is 0 Å². The van der Waals surface area contributed by atoms with Gasteiger partial charge in [0.2, 0.25) is 0 Å². The maximum atomic E-state index is 12.8. The van der Waals surface area contributed by atoms with E-state index in [1.807, 2.05) is 27.7 Å². The van der Waals surface area contributed by atoms with E-state index in [2.05, 4.69) is 15.3 Å². The van der Waals surface area contributed by atoms with Crippen molar-refractivity contribution < 1.29 is 9.53 Å². The Balaban J connectivity index is 2.31. The molecule has 0 radical (unpaired) electrons. The molecule has 0 spiro atoms. The smallest absolute Gasteiger partial charge is 0.274 e. The van der Waals surface area contributed by atoms with Gasteiger partial charge in [0.05, 0.1) is 24.1 Å². The molecule has 1 aliphatic rings. The molecule has 0 atom stereocenters. The Labute approximate surface area is 125 Å². The molecule has 0 bridgehead atoms. The quantitative estimate of drug-likeness (QED) is 0.921. The molecule has 1 aliphatic heterocycles. The molecule has 21 heavy (non-hydrogen) atoms. The number of nitrogens with zero attached hydrogens (tertiary/aromatic N) is 3. The SMILES string of the molecule is CNc1cnc(C(C)C)nc1C(=O)N1CCOC(C)(C)C1. The molecule has 1 fully saturated rings. The maximum Gasteiger partial charge on any atom is 0.274 e. The number of carbonyl (C=O) groups is 1. The van der Waals surface area contributed by atoms with Gasteiger partial charge in [-0.15, -0.1) is 0 Å². The van der Waals surface area contributed by atoms with Gasteiger partial charge in [0.1, 0.15) is 5.82 Å². The zero-order chi connectivity index (χ0) is 15.6. The number of anilines is 1. The molecule has 6 heteroatoms. The number of hydrogen-bond acceptors (Lipinski definition) is 5. The lowest BCUT2D eigenvalue weighted by Crippen LogP contribution is -2.50. The van der Waals surface area contributed by atoms with E-state index in [1.54, 1.807) is 18.1 Å². The van der Waals surface area contributed by atoms with Gasteiger partial charge in [-0.05, 0) is 13.8 Å². The molecule has 1 N–H and O–H groups in total. The zero-order valence-corrected chi connectivity index (χ0v) is 13.4. The number of nitrogens with one attached hydrogen (secondary N) is 1. The second-order valence-electron chi connectivity index (χ2n) is 6.23. The average Bonchev–Trinajstić information content (AvgIpc) is 2.44. The third-order valence-corrected chi connectivity index (χ3v) is 3.51. The molecule has 0 aromatic carbocycles. The second kappa shape index (κ2) is 5.97. The van der Waals surface area contributed by atoms with Crippen molar-refractivity contribution in [2.24, 2.45) is 0 Å². The molecular formula is C15H24N4O2. The molecule has 2 heterocycles. The van der Waals surface area contributed by atoms with Gasteiger partial charge in [0.25, 0.3) is 5.91 Å². The third kappa shape index (κ3) is 3.50. The van der Waals surface area contributed by atoms with Crippen molar-refractivity contribution >= 4 is 11.6 Å². The molecular weight excluding hydrogens is 268 g/mol. The summed E-state index contributed by atoms with van der Waals surface area (Å²) in [6.07, 6.45) is 1.68. The van der Waals surface area contributed by atoms with Crippen LogP contribution in [0.5, 0.6) is 0 Å². The normalized spacial score (nSPS) is 17.9. The van der Waals surface area contributed by atoms with Crippen molar-refractivity contribution in [3.8, 4) is 0 Å². The molecule has 116 valence electrons. The first kappa shape index (κ1) is 15.7. The lowest BCUT2D eigenvalue weighted by atomic mass is 10.1. The van der Waals surface area contributed by atoms with Gasteiger partial charge in [-0.2, -0.15) is 0 Å². The molecule has 0 saturated carbocycles. The molecule has 1 saturated heterocycles. The number of hydrogen-bond donors (Lipinski definition) is 1. The summed E-state index contributed by atoms with van der Waals surface area (Å²) in [6.45, 7) is 9.72.